The number of carbonyl (C=O) groups is 4. The zero-order valence-corrected chi connectivity index (χ0v) is 29.8. The lowest BCUT2D eigenvalue weighted by Crippen LogP contribution is -2.55. The Morgan fingerprint density at radius 3 is 2.48 bits per heavy atom. The quantitative estimate of drug-likeness (QED) is 0.0907. The van der Waals surface area contributed by atoms with Crippen molar-refractivity contribution in [3.63, 3.8) is 0 Å². The number of hydrogen-bond acceptors (Lipinski definition) is 9. The van der Waals surface area contributed by atoms with Crippen molar-refractivity contribution < 1.29 is 33.1 Å². The minimum absolute atomic E-state index is 0.0883. The van der Waals surface area contributed by atoms with Crippen molar-refractivity contribution in [3.05, 3.63) is 77.7 Å². The second kappa shape index (κ2) is 18.3. The van der Waals surface area contributed by atoms with E-state index in [1.54, 1.807) is 18.2 Å². The normalized spacial score (nSPS) is 19.7. The summed E-state index contributed by atoms with van der Waals surface area (Å²) in [4.78, 5) is 61.3. The summed E-state index contributed by atoms with van der Waals surface area (Å²) in [5.41, 5.74) is 9.16. The Morgan fingerprint density at radius 2 is 1.73 bits per heavy atom. The molecule has 2 saturated carbocycles. The maximum absolute atomic E-state index is 14.4. The summed E-state index contributed by atoms with van der Waals surface area (Å²) < 4.78 is 17.5. The Kier molecular flexibility index (Phi) is 13.1. The number of benzene rings is 2. The molecule has 3 fully saturated rings. The van der Waals surface area contributed by atoms with Gasteiger partial charge in [0.25, 0.3) is 5.89 Å². The summed E-state index contributed by atoms with van der Waals surface area (Å²) in [7, 11) is 0. The third-order valence-corrected chi connectivity index (χ3v) is 10.2. The molecule has 4 N–H and O–H groups in total. The van der Waals surface area contributed by atoms with Gasteiger partial charge in [0.15, 0.2) is 5.58 Å². The van der Waals surface area contributed by atoms with Crippen LogP contribution in [0.3, 0.4) is 0 Å². The standard InChI is InChI=1S/C40H51N5O7/c41-22-9-8-15-32(36(46)38-43-31-14-6-7-16-35(31)52-38)42-37(47)34-24-30(50-23-21-28-12-4-5-13-28)25-45(34)39(48)33(20-19-27-10-2-1-3-11-27)44-40(49)51-26-29-17-18-29/h1-3,6-7,10-11,14,16,21,29-30,32-34H,4-5,8-9,12-13,15,17-20,22-26,41H2,(H,42,47)(H,44,49)/t30-,32+,33-,34+/m1/s1. The number of allylic oxidation sites excluding steroid dienone is 1. The highest BCUT2D eigenvalue weighted by atomic mass is 16.5. The van der Waals surface area contributed by atoms with Gasteiger partial charge in [-0.2, -0.15) is 0 Å². The summed E-state index contributed by atoms with van der Waals surface area (Å²) in [5, 5.41) is 5.75. The summed E-state index contributed by atoms with van der Waals surface area (Å²) in [5.74, 6) is -1.05. The van der Waals surface area contributed by atoms with E-state index in [9.17, 15) is 19.2 Å². The van der Waals surface area contributed by atoms with Crippen molar-refractivity contribution in [1.82, 2.24) is 20.5 Å². The van der Waals surface area contributed by atoms with E-state index < -0.39 is 47.9 Å². The Balaban J connectivity index is 1.21. The fourth-order valence-electron chi connectivity index (χ4n) is 6.98. The van der Waals surface area contributed by atoms with Gasteiger partial charge >= 0.3 is 6.09 Å². The number of amides is 3. The molecule has 1 aliphatic heterocycles. The molecule has 4 atom stereocenters. The number of nitrogens with zero attached hydrogens (tertiary/aromatic N) is 2. The fourth-order valence-corrected chi connectivity index (χ4v) is 6.98. The lowest BCUT2D eigenvalue weighted by molar-refractivity contribution is -0.140. The number of para-hydroxylation sites is 2. The number of nitrogens with one attached hydrogen (secondary N) is 2. The number of ether oxygens (including phenoxy) is 2. The molecule has 2 aromatic carbocycles. The smallest absolute Gasteiger partial charge is 0.407 e. The van der Waals surface area contributed by atoms with Crippen LogP contribution in [0.4, 0.5) is 4.79 Å². The minimum Gasteiger partial charge on any atom is -0.449 e. The molecule has 0 spiro atoms. The van der Waals surface area contributed by atoms with Crippen molar-refractivity contribution >= 4 is 34.8 Å². The Morgan fingerprint density at radius 1 is 0.962 bits per heavy atom. The first-order valence-corrected chi connectivity index (χ1v) is 18.9. The summed E-state index contributed by atoms with van der Waals surface area (Å²) in [6, 6.07) is 14.0. The van der Waals surface area contributed by atoms with Crippen LogP contribution in [-0.4, -0.2) is 84.1 Å². The number of oxazole rings is 1. The highest BCUT2D eigenvalue weighted by Gasteiger charge is 2.43. The number of aromatic nitrogens is 1. The number of unbranched alkanes of at least 4 members (excludes halogenated alkanes) is 1. The van der Waals surface area contributed by atoms with E-state index in [1.807, 2.05) is 36.4 Å². The molecular weight excluding hydrogens is 662 g/mol. The van der Waals surface area contributed by atoms with Gasteiger partial charge in [-0.25, -0.2) is 9.78 Å². The van der Waals surface area contributed by atoms with Crippen LogP contribution in [0.2, 0.25) is 0 Å². The van der Waals surface area contributed by atoms with Crippen molar-refractivity contribution in [1.29, 1.82) is 0 Å². The third-order valence-electron chi connectivity index (χ3n) is 10.2. The first-order chi connectivity index (χ1) is 25.4. The van der Waals surface area contributed by atoms with Crippen molar-refractivity contribution in [2.24, 2.45) is 11.7 Å². The number of alkyl carbamates (subject to hydrolysis) is 1. The second-order valence-electron chi connectivity index (χ2n) is 14.2. The van der Waals surface area contributed by atoms with Gasteiger partial charge in [-0.15, -0.1) is 0 Å². The number of likely N-dealkylation sites (tertiary alicyclic amines) is 1. The van der Waals surface area contributed by atoms with Crippen LogP contribution in [0.15, 0.2) is 70.7 Å². The van der Waals surface area contributed by atoms with Gasteiger partial charge in [0, 0.05) is 13.0 Å². The van der Waals surface area contributed by atoms with E-state index in [4.69, 9.17) is 19.6 Å². The number of nitrogens with two attached hydrogens (primary N) is 1. The van der Waals surface area contributed by atoms with Crippen LogP contribution in [-0.2, 0) is 25.5 Å². The maximum Gasteiger partial charge on any atom is 0.407 e. The summed E-state index contributed by atoms with van der Waals surface area (Å²) in [6.45, 7) is 1.30. The molecular formula is C40H51N5O7. The van der Waals surface area contributed by atoms with Crippen LogP contribution in [0.1, 0.15) is 86.9 Å². The monoisotopic (exact) mass is 713 g/mol. The van der Waals surface area contributed by atoms with Gasteiger partial charge in [0.1, 0.15) is 17.6 Å². The molecule has 6 rings (SSSR count). The molecule has 3 aliphatic rings. The van der Waals surface area contributed by atoms with E-state index in [2.05, 4.69) is 21.7 Å². The molecule has 0 bridgehead atoms. The number of fused-ring (bicyclic) bond motifs is 1. The van der Waals surface area contributed by atoms with Crippen LogP contribution < -0.4 is 16.4 Å². The van der Waals surface area contributed by atoms with E-state index in [0.717, 1.165) is 31.2 Å². The zero-order valence-electron chi connectivity index (χ0n) is 29.8. The molecule has 2 aliphatic carbocycles. The fraction of sp³-hybridized carbons (Fsp3) is 0.525. The SMILES string of the molecule is NCCCC[C@H](NC(=O)[C@@H]1C[C@@H](OCC=C2CCCC2)CN1C(=O)[C@@H](CCc1ccccc1)NC(=O)OCC1CC1)C(=O)c1nc2ccccc2o1. The third kappa shape index (κ3) is 10.3. The van der Waals surface area contributed by atoms with Crippen LogP contribution in [0.5, 0.6) is 0 Å². The molecule has 0 unspecified atom stereocenters. The average molecular weight is 714 g/mol. The molecule has 12 heteroatoms. The van der Waals surface area contributed by atoms with Gasteiger partial charge in [0.05, 0.1) is 25.4 Å². The number of rotatable bonds is 18. The highest BCUT2D eigenvalue weighted by molar-refractivity contribution is 6.01. The van der Waals surface area contributed by atoms with Gasteiger partial charge < -0.3 is 35.2 Å². The lowest BCUT2D eigenvalue weighted by Gasteiger charge is -2.29. The number of hydrogen-bond donors (Lipinski definition) is 3. The minimum atomic E-state index is -0.944. The van der Waals surface area contributed by atoms with Crippen LogP contribution in [0.25, 0.3) is 11.1 Å². The van der Waals surface area contributed by atoms with Gasteiger partial charge in [-0.1, -0.05) is 54.1 Å². The molecule has 1 saturated heterocycles. The van der Waals surface area contributed by atoms with Gasteiger partial charge in [-0.3, -0.25) is 14.4 Å². The molecule has 0 radical (unpaired) electrons. The average Bonchev–Trinajstić information content (AvgIpc) is 3.49. The number of Topliss-reactive ketones (excluding diaryl/α,β-unsaturated/α-hetero) is 1. The number of carbonyl (C=O) groups excluding carboxylic acids is 4. The molecule has 52 heavy (non-hydrogen) atoms. The largest absolute Gasteiger partial charge is 0.449 e. The van der Waals surface area contributed by atoms with E-state index in [-0.39, 0.29) is 18.9 Å². The number of aryl methyl sites for hydroxylation is 1. The molecule has 1 aromatic heterocycles. The molecule has 12 nitrogen and oxygen atoms in total. The van der Waals surface area contributed by atoms with Gasteiger partial charge in [0.2, 0.25) is 17.6 Å². The number of ketones is 1. The van der Waals surface area contributed by atoms with Crippen LogP contribution >= 0.6 is 0 Å². The van der Waals surface area contributed by atoms with E-state index >= 15 is 0 Å². The predicted molar refractivity (Wildman–Crippen MR) is 195 cm³/mol. The maximum atomic E-state index is 14.4. The topological polar surface area (TPSA) is 166 Å². The first kappa shape index (κ1) is 37.2. The van der Waals surface area contributed by atoms with Gasteiger partial charge in [-0.05, 0) is 101 Å². The predicted octanol–water partition coefficient (Wildman–Crippen LogP) is 5.25. The van der Waals surface area contributed by atoms with Crippen molar-refractivity contribution in [2.75, 3.05) is 26.3 Å². The lowest BCUT2D eigenvalue weighted by atomic mass is 10.0. The summed E-state index contributed by atoms with van der Waals surface area (Å²) in [6.07, 6.45) is 10.2. The molecule has 2 heterocycles. The molecule has 3 amide bonds. The van der Waals surface area contributed by atoms with E-state index in [0.29, 0.717) is 68.9 Å². The van der Waals surface area contributed by atoms with Crippen LogP contribution in [0, 0.1) is 5.92 Å². The first-order valence-electron chi connectivity index (χ1n) is 18.9. The molecule has 3 aromatic rings. The zero-order chi connectivity index (χ0) is 36.3. The van der Waals surface area contributed by atoms with E-state index in [1.165, 1.54) is 23.3 Å². The van der Waals surface area contributed by atoms with Crippen molar-refractivity contribution in [3.8, 4) is 0 Å². The highest BCUT2D eigenvalue weighted by Crippen LogP contribution is 2.29. The molecule has 278 valence electrons. The Bertz CT molecular complexity index is 1660. The second-order valence-corrected chi connectivity index (χ2v) is 14.2. The Labute approximate surface area is 304 Å². The Hall–Kier alpha value is -4.55. The summed E-state index contributed by atoms with van der Waals surface area (Å²) >= 11 is 0. The van der Waals surface area contributed by atoms with Crippen molar-refractivity contribution in [2.45, 2.75) is 101 Å².